The third-order valence-corrected chi connectivity index (χ3v) is 3.39. The van der Waals surface area contributed by atoms with Gasteiger partial charge in [0.2, 0.25) is 0 Å². The van der Waals surface area contributed by atoms with E-state index in [9.17, 15) is 4.39 Å². The molecule has 2 aromatic rings. The topological polar surface area (TPSA) is 26.0 Å². The van der Waals surface area contributed by atoms with Crippen LogP contribution in [0, 0.1) is 19.7 Å². The maximum Gasteiger partial charge on any atom is 0.123 e. The highest BCUT2D eigenvalue weighted by Crippen LogP contribution is 2.25. The third kappa shape index (κ3) is 2.71. The van der Waals surface area contributed by atoms with Gasteiger partial charge in [0.15, 0.2) is 0 Å². The molecule has 2 N–H and O–H groups in total. The van der Waals surface area contributed by atoms with E-state index in [1.165, 1.54) is 12.1 Å². The van der Waals surface area contributed by atoms with Crippen LogP contribution < -0.4 is 5.73 Å². The van der Waals surface area contributed by atoms with Crippen LogP contribution in [-0.4, -0.2) is 0 Å². The van der Waals surface area contributed by atoms with E-state index in [-0.39, 0.29) is 11.9 Å². The van der Waals surface area contributed by atoms with Crippen LogP contribution in [0.25, 0.3) is 0 Å². The average molecular weight is 264 g/mol. The van der Waals surface area contributed by atoms with Crippen LogP contribution in [0.5, 0.6) is 0 Å². The van der Waals surface area contributed by atoms with Crippen LogP contribution in [0.15, 0.2) is 36.4 Å². The molecule has 0 saturated carbocycles. The Morgan fingerprint density at radius 2 is 1.78 bits per heavy atom. The second kappa shape index (κ2) is 5.09. The fourth-order valence-electron chi connectivity index (χ4n) is 1.94. The Bertz CT molecular complexity index is 560. The summed E-state index contributed by atoms with van der Waals surface area (Å²) in [4.78, 5) is 0. The summed E-state index contributed by atoms with van der Waals surface area (Å²) in [6.45, 7) is 3.78. The maximum absolute atomic E-state index is 13.4. The molecule has 0 saturated heterocycles. The Balaban J connectivity index is 2.40. The van der Waals surface area contributed by atoms with Crippen molar-refractivity contribution in [2.24, 2.45) is 5.73 Å². The highest BCUT2D eigenvalue weighted by atomic mass is 35.5. The van der Waals surface area contributed by atoms with Gasteiger partial charge in [-0.2, -0.15) is 0 Å². The summed E-state index contributed by atoms with van der Waals surface area (Å²) in [5.74, 6) is -0.265. The summed E-state index contributed by atoms with van der Waals surface area (Å²) in [7, 11) is 0. The molecule has 1 unspecified atom stereocenters. The minimum Gasteiger partial charge on any atom is -0.320 e. The first kappa shape index (κ1) is 13.1. The SMILES string of the molecule is Cc1cc(F)cc(C(N)c2ccc(C)c(Cl)c2)c1. The lowest BCUT2D eigenvalue weighted by atomic mass is 9.97. The van der Waals surface area contributed by atoms with Crippen molar-refractivity contribution in [2.75, 3.05) is 0 Å². The zero-order chi connectivity index (χ0) is 13.3. The summed E-state index contributed by atoms with van der Waals surface area (Å²) in [6.07, 6.45) is 0. The molecule has 18 heavy (non-hydrogen) atoms. The molecule has 0 aromatic heterocycles. The van der Waals surface area contributed by atoms with Crippen LogP contribution in [0.3, 0.4) is 0 Å². The van der Waals surface area contributed by atoms with Crippen molar-refractivity contribution in [2.45, 2.75) is 19.9 Å². The van der Waals surface area contributed by atoms with Crippen molar-refractivity contribution < 1.29 is 4.39 Å². The van der Waals surface area contributed by atoms with E-state index in [2.05, 4.69) is 0 Å². The zero-order valence-corrected chi connectivity index (χ0v) is 11.1. The third-order valence-electron chi connectivity index (χ3n) is 2.98. The fraction of sp³-hybridized carbons (Fsp3) is 0.200. The quantitative estimate of drug-likeness (QED) is 0.866. The highest BCUT2D eigenvalue weighted by Gasteiger charge is 2.11. The van der Waals surface area contributed by atoms with Gasteiger partial charge in [-0.1, -0.05) is 29.8 Å². The van der Waals surface area contributed by atoms with E-state index in [4.69, 9.17) is 17.3 Å². The van der Waals surface area contributed by atoms with E-state index in [1.807, 2.05) is 38.1 Å². The second-order valence-electron chi connectivity index (χ2n) is 4.55. The number of aryl methyl sites for hydroxylation is 2. The lowest BCUT2D eigenvalue weighted by Gasteiger charge is -2.14. The highest BCUT2D eigenvalue weighted by molar-refractivity contribution is 6.31. The van der Waals surface area contributed by atoms with E-state index < -0.39 is 0 Å². The number of halogens is 2. The van der Waals surface area contributed by atoms with E-state index in [1.54, 1.807) is 0 Å². The Morgan fingerprint density at radius 1 is 1.06 bits per heavy atom. The van der Waals surface area contributed by atoms with Crippen LogP contribution in [0.1, 0.15) is 28.3 Å². The van der Waals surface area contributed by atoms with Gasteiger partial charge >= 0.3 is 0 Å². The predicted octanol–water partition coefficient (Wildman–Crippen LogP) is 4.14. The second-order valence-corrected chi connectivity index (χ2v) is 4.96. The lowest BCUT2D eigenvalue weighted by Crippen LogP contribution is -2.12. The van der Waals surface area contributed by atoms with Gasteiger partial charge in [-0.25, -0.2) is 4.39 Å². The van der Waals surface area contributed by atoms with Gasteiger partial charge in [0.05, 0.1) is 6.04 Å². The number of hydrogen-bond acceptors (Lipinski definition) is 1. The van der Waals surface area contributed by atoms with Crippen molar-refractivity contribution in [1.29, 1.82) is 0 Å². The van der Waals surface area contributed by atoms with E-state index in [0.29, 0.717) is 5.02 Å². The van der Waals surface area contributed by atoms with Gasteiger partial charge in [-0.15, -0.1) is 0 Å². The van der Waals surface area contributed by atoms with Crippen LogP contribution >= 0.6 is 11.6 Å². The summed E-state index contributed by atoms with van der Waals surface area (Å²) < 4.78 is 13.4. The van der Waals surface area contributed by atoms with Gasteiger partial charge in [0.25, 0.3) is 0 Å². The molecule has 2 aromatic carbocycles. The molecule has 0 radical (unpaired) electrons. The molecule has 0 spiro atoms. The number of nitrogens with two attached hydrogens (primary N) is 1. The summed E-state index contributed by atoms with van der Waals surface area (Å²) in [6, 6.07) is 10.2. The molecule has 1 nitrogen and oxygen atoms in total. The summed E-state index contributed by atoms with van der Waals surface area (Å²) in [5, 5.41) is 0.677. The largest absolute Gasteiger partial charge is 0.320 e. The first-order valence-electron chi connectivity index (χ1n) is 5.76. The van der Waals surface area contributed by atoms with Gasteiger partial charge in [0, 0.05) is 5.02 Å². The molecule has 0 aliphatic rings. The van der Waals surface area contributed by atoms with Crippen molar-refractivity contribution in [3.8, 4) is 0 Å². The molecule has 0 aliphatic heterocycles. The van der Waals surface area contributed by atoms with Crippen LogP contribution in [0.4, 0.5) is 4.39 Å². The first-order chi connectivity index (χ1) is 8.47. The number of hydrogen-bond donors (Lipinski definition) is 1. The molecule has 0 heterocycles. The normalized spacial score (nSPS) is 12.5. The summed E-state index contributed by atoms with van der Waals surface area (Å²) in [5.41, 5.74) is 9.65. The van der Waals surface area contributed by atoms with Crippen molar-refractivity contribution in [1.82, 2.24) is 0 Å². The van der Waals surface area contributed by atoms with E-state index in [0.717, 1.165) is 22.3 Å². The number of rotatable bonds is 2. The molecule has 1 atom stereocenters. The standard InChI is InChI=1S/C15H15ClFN/c1-9-5-12(7-13(17)6-9)15(18)11-4-3-10(2)14(16)8-11/h3-8,15H,18H2,1-2H3. The first-order valence-corrected chi connectivity index (χ1v) is 6.14. The monoisotopic (exact) mass is 263 g/mol. The molecule has 94 valence electrons. The Kier molecular flexibility index (Phi) is 3.69. The smallest absolute Gasteiger partial charge is 0.123 e. The van der Waals surface area contributed by atoms with Crippen molar-refractivity contribution in [3.63, 3.8) is 0 Å². The van der Waals surface area contributed by atoms with Gasteiger partial charge in [0.1, 0.15) is 5.82 Å². The average Bonchev–Trinajstić information content (AvgIpc) is 2.30. The predicted molar refractivity (Wildman–Crippen MR) is 73.4 cm³/mol. The minimum absolute atomic E-state index is 0.265. The Morgan fingerprint density at radius 3 is 2.39 bits per heavy atom. The minimum atomic E-state index is -0.363. The molecule has 3 heteroatoms. The maximum atomic E-state index is 13.4. The van der Waals surface area contributed by atoms with E-state index >= 15 is 0 Å². The van der Waals surface area contributed by atoms with Crippen molar-refractivity contribution >= 4 is 11.6 Å². The summed E-state index contributed by atoms with van der Waals surface area (Å²) >= 11 is 6.08. The Labute approximate surface area is 111 Å². The molecule has 0 bridgehead atoms. The van der Waals surface area contributed by atoms with Crippen LogP contribution in [-0.2, 0) is 0 Å². The molecule has 0 fully saturated rings. The van der Waals surface area contributed by atoms with Crippen molar-refractivity contribution in [3.05, 3.63) is 69.5 Å². The molecular weight excluding hydrogens is 249 g/mol. The molecule has 2 rings (SSSR count). The Hall–Kier alpha value is -1.38. The zero-order valence-electron chi connectivity index (χ0n) is 10.4. The fourth-order valence-corrected chi connectivity index (χ4v) is 2.13. The van der Waals surface area contributed by atoms with Gasteiger partial charge < -0.3 is 5.73 Å². The molecule has 0 aliphatic carbocycles. The van der Waals surface area contributed by atoms with Gasteiger partial charge in [-0.05, 0) is 54.3 Å². The van der Waals surface area contributed by atoms with Gasteiger partial charge in [-0.3, -0.25) is 0 Å². The number of benzene rings is 2. The molecule has 0 amide bonds. The lowest BCUT2D eigenvalue weighted by molar-refractivity contribution is 0.622. The van der Waals surface area contributed by atoms with Crippen LogP contribution in [0.2, 0.25) is 5.02 Å². The molecular formula is C15H15ClFN.